The number of hydrogen-bond acceptors (Lipinski definition) is 4. The Morgan fingerprint density at radius 1 is 1.15 bits per heavy atom. The van der Waals surface area contributed by atoms with Crippen LogP contribution in [0.2, 0.25) is 0 Å². The molecule has 20 heavy (non-hydrogen) atoms. The molecule has 1 heterocycles. The lowest BCUT2D eigenvalue weighted by Crippen LogP contribution is -2.09. The van der Waals surface area contributed by atoms with Gasteiger partial charge < -0.3 is 10.1 Å². The number of carbonyl (C=O) groups excluding carboxylic acids is 2. The van der Waals surface area contributed by atoms with E-state index in [0.29, 0.717) is 11.4 Å². The van der Waals surface area contributed by atoms with E-state index in [0.717, 1.165) is 5.56 Å². The molecule has 1 amide bonds. The maximum atomic E-state index is 11.8. The molecule has 0 bridgehead atoms. The largest absolute Gasteiger partial charge is 0.457 e. The molecule has 0 fully saturated rings. The van der Waals surface area contributed by atoms with Crippen molar-refractivity contribution in [3.8, 4) is 0 Å². The van der Waals surface area contributed by atoms with E-state index in [1.54, 1.807) is 12.1 Å². The van der Waals surface area contributed by atoms with Crippen molar-refractivity contribution < 1.29 is 14.3 Å². The predicted molar refractivity (Wildman–Crippen MR) is 74.1 cm³/mol. The Morgan fingerprint density at radius 2 is 1.90 bits per heavy atom. The van der Waals surface area contributed by atoms with Crippen LogP contribution in [0.3, 0.4) is 0 Å². The van der Waals surface area contributed by atoms with Crippen LogP contribution in [-0.2, 0) is 16.1 Å². The number of rotatable bonds is 4. The summed E-state index contributed by atoms with van der Waals surface area (Å²) >= 11 is 0. The van der Waals surface area contributed by atoms with Crippen molar-refractivity contribution in [3.05, 3.63) is 59.8 Å². The summed E-state index contributed by atoms with van der Waals surface area (Å²) in [5.74, 6) is -0.259. The molecule has 0 aliphatic carbocycles. The van der Waals surface area contributed by atoms with Crippen LogP contribution in [0.25, 0.3) is 0 Å². The Kier molecular flexibility index (Phi) is 4.44. The SMILES string of the molecule is CC(=O)Nc1ccc(C(=O)OCc2ccccc2)cn1. The average molecular weight is 270 g/mol. The highest BCUT2D eigenvalue weighted by atomic mass is 16.5. The second-order valence-electron chi connectivity index (χ2n) is 4.18. The maximum absolute atomic E-state index is 11.8. The number of aromatic nitrogens is 1. The molecular formula is C15H14N2O3. The molecule has 1 aromatic carbocycles. The predicted octanol–water partition coefficient (Wildman–Crippen LogP) is 2.40. The smallest absolute Gasteiger partial charge is 0.340 e. The molecule has 0 radical (unpaired) electrons. The Bertz CT molecular complexity index is 594. The first kappa shape index (κ1) is 13.7. The van der Waals surface area contributed by atoms with Crippen molar-refractivity contribution in [3.63, 3.8) is 0 Å². The summed E-state index contributed by atoms with van der Waals surface area (Å²) in [5, 5.41) is 2.53. The summed E-state index contributed by atoms with van der Waals surface area (Å²) in [6, 6.07) is 12.5. The van der Waals surface area contributed by atoms with Crippen molar-refractivity contribution in [2.24, 2.45) is 0 Å². The monoisotopic (exact) mass is 270 g/mol. The number of nitrogens with one attached hydrogen (secondary N) is 1. The van der Waals surface area contributed by atoms with Gasteiger partial charge in [-0.05, 0) is 17.7 Å². The lowest BCUT2D eigenvalue weighted by molar-refractivity contribution is -0.114. The zero-order valence-electron chi connectivity index (χ0n) is 11.0. The molecule has 1 aromatic heterocycles. The summed E-state index contributed by atoms with van der Waals surface area (Å²) in [5.41, 5.74) is 1.26. The van der Waals surface area contributed by atoms with Gasteiger partial charge in [-0.25, -0.2) is 9.78 Å². The van der Waals surface area contributed by atoms with E-state index >= 15 is 0 Å². The molecule has 0 unspecified atom stereocenters. The van der Waals surface area contributed by atoms with Gasteiger partial charge in [-0.2, -0.15) is 0 Å². The fourth-order valence-corrected chi connectivity index (χ4v) is 1.58. The molecule has 2 rings (SSSR count). The number of esters is 1. The Hall–Kier alpha value is -2.69. The van der Waals surface area contributed by atoms with Gasteiger partial charge in [0.25, 0.3) is 0 Å². The van der Waals surface area contributed by atoms with Crippen molar-refractivity contribution in [2.45, 2.75) is 13.5 Å². The Morgan fingerprint density at radius 3 is 2.50 bits per heavy atom. The fraction of sp³-hybridized carbons (Fsp3) is 0.133. The number of carbonyl (C=O) groups is 2. The summed E-state index contributed by atoms with van der Waals surface area (Å²) in [4.78, 5) is 26.6. The summed E-state index contributed by atoms with van der Waals surface area (Å²) in [6.07, 6.45) is 1.37. The van der Waals surface area contributed by atoms with E-state index in [1.807, 2.05) is 30.3 Å². The van der Waals surface area contributed by atoms with E-state index in [9.17, 15) is 9.59 Å². The fourth-order valence-electron chi connectivity index (χ4n) is 1.58. The standard InChI is InChI=1S/C15H14N2O3/c1-11(18)17-14-8-7-13(9-16-14)15(19)20-10-12-5-3-2-4-6-12/h2-9H,10H2,1H3,(H,16,17,18). The number of anilines is 1. The number of nitrogens with zero attached hydrogens (tertiary/aromatic N) is 1. The Labute approximate surface area is 116 Å². The van der Waals surface area contributed by atoms with Gasteiger partial charge in [-0.1, -0.05) is 30.3 Å². The van der Waals surface area contributed by atoms with Crippen LogP contribution in [0.1, 0.15) is 22.8 Å². The van der Waals surface area contributed by atoms with Crippen LogP contribution in [0.4, 0.5) is 5.82 Å². The molecule has 0 atom stereocenters. The van der Waals surface area contributed by atoms with Crippen LogP contribution < -0.4 is 5.32 Å². The molecule has 0 aliphatic rings. The van der Waals surface area contributed by atoms with Gasteiger partial charge >= 0.3 is 5.97 Å². The maximum Gasteiger partial charge on any atom is 0.340 e. The summed E-state index contributed by atoms with van der Waals surface area (Å²) < 4.78 is 5.17. The zero-order valence-corrected chi connectivity index (χ0v) is 11.0. The van der Waals surface area contributed by atoms with Gasteiger partial charge in [0.2, 0.25) is 5.91 Å². The lowest BCUT2D eigenvalue weighted by Gasteiger charge is -2.05. The molecule has 0 saturated carbocycles. The highest BCUT2D eigenvalue weighted by Gasteiger charge is 2.08. The van der Waals surface area contributed by atoms with E-state index in [4.69, 9.17) is 4.74 Å². The third kappa shape index (κ3) is 3.91. The van der Waals surface area contributed by atoms with Crippen LogP contribution >= 0.6 is 0 Å². The first-order valence-corrected chi connectivity index (χ1v) is 6.10. The number of benzene rings is 1. The molecule has 0 aliphatic heterocycles. The van der Waals surface area contributed by atoms with Gasteiger partial charge in [0.05, 0.1) is 5.56 Å². The van der Waals surface area contributed by atoms with Gasteiger partial charge in [-0.15, -0.1) is 0 Å². The van der Waals surface area contributed by atoms with E-state index in [1.165, 1.54) is 13.1 Å². The zero-order chi connectivity index (χ0) is 14.4. The van der Waals surface area contributed by atoms with Crippen LogP contribution in [0.5, 0.6) is 0 Å². The average Bonchev–Trinajstić information content (AvgIpc) is 2.46. The summed E-state index contributed by atoms with van der Waals surface area (Å²) in [7, 11) is 0. The van der Waals surface area contributed by atoms with Gasteiger partial charge in [0, 0.05) is 13.1 Å². The second kappa shape index (κ2) is 6.47. The van der Waals surface area contributed by atoms with Crippen molar-refractivity contribution >= 4 is 17.7 Å². The van der Waals surface area contributed by atoms with E-state index in [2.05, 4.69) is 10.3 Å². The third-order valence-corrected chi connectivity index (χ3v) is 2.52. The minimum absolute atomic E-state index is 0.211. The van der Waals surface area contributed by atoms with Gasteiger partial charge in [0.1, 0.15) is 12.4 Å². The molecule has 102 valence electrons. The number of ether oxygens (including phenoxy) is 1. The molecule has 1 N–H and O–H groups in total. The molecule has 0 saturated heterocycles. The van der Waals surface area contributed by atoms with Crippen molar-refractivity contribution in [1.29, 1.82) is 0 Å². The molecule has 0 spiro atoms. The molecule has 5 nitrogen and oxygen atoms in total. The van der Waals surface area contributed by atoms with E-state index in [-0.39, 0.29) is 12.5 Å². The topological polar surface area (TPSA) is 68.3 Å². The minimum atomic E-state index is -0.448. The molecule has 2 aromatic rings. The number of pyridine rings is 1. The van der Waals surface area contributed by atoms with Gasteiger partial charge in [0.15, 0.2) is 0 Å². The Balaban J connectivity index is 1.94. The van der Waals surface area contributed by atoms with Gasteiger partial charge in [-0.3, -0.25) is 4.79 Å². The second-order valence-corrected chi connectivity index (χ2v) is 4.18. The quantitative estimate of drug-likeness (QED) is 0.866. The van der Waals surface area contributed by atoms with Crippen molar-refractivity contribution in [2.75, 3.05) is 5.32 Å². The van der Waals surface area contributed by atoms with Crippen LogP contribution in [0.15, 0.2) is 48.7 Å². The first-order chi connectivity index (χ1) is 9.65. The number of amides is 1. The first-order valence-electron chi connectivity index (χ1n) is 6.10. The van der Waals surface area contributed by atoms with Crippen molar-refractivity contribution in [1.82, 2.24) is 4.98 Å². The normalized spacial score (nSPS) is 9.85. The lowest BCUT2D eigenvalue weighted by atomic mass is 10.2. The molecular weight excluding hydrogens is 256 g/mol. The third-order valence-electron chi connectivity index (χ3n) is 2.52. The highest BCUT2D eigenvalue weighted by molar-refractivity contribution is 5.90. The summed E-state index contributed by atoms with van der Waals surface area (Å²) in [6.45, 7) is 1.61. The highest BCUT2D eigenvalue weighted by Crippen LogP contribution is 2.08. The van der Waals surface area contributed by atoms with Crippen LogP contribution in [-0.4, -0.2) is 16.9 Å². The minimum Gasteiger partial charge on any atom is -0.457 e. The number of hydrogen-bond donors (Lipinski definition) is 1. The molecule has 5 heteroatoms. The van der Waals surface area contributed by atoms with E-state index < -0.39 is 5.97 Å². The van der Waals surface area contributed by atoms with Crippen LogP contribution in [0, 0.1) is 0 Å².